The first kappa shape index (κ1) is 16.0. The molecule has 0 aromatic carbocycles. The summed E-state index contributed by atoms with van der Waals surface area (Å²) in [5.41, 5.74) is 1.32. The molecule has 3 atom stereocenters. The summed E-state index contributed by atoms with van der Waals surface area (Å²) in [5.74, 6) is 1.63. The van der Waals surface area contributed by atoms with Gasteiger partial charge in [0.05, 0.1) is 22.4 Å². The molecule has 0 bridgehead atoms. The Hall–Kier alpha value is -0.350. The number of hydrogen-bond acceptors (Lipinski definition) is 2. The van der Waals surface area contributed by atoms with Gasteiger partial charge in [0.1, 0.15) is 0 Å². The maximum Gasteiger partial charge on any atom is 0.0701 e. The number of nitrogens with zero attached hydrogens (tertiary/aromatic N) is 2. The smallest absolute Gasteiger partial charge is 0.0701 e. The summed E-state index contributed by atoms with van der Waals surface area (Å²) in [6, 6.07) is 0.807. The molecule has 1 aromatic rings. The molecule has 1 aliphatic carbocycles. The molecule has 0 aliphatic heterocycles. The molecule has 3 nitrogen and oxygen atoms in total. The summed E-state index contributed by atoms with van der Waals surface area (Å²) < 4.78 is 3.31. The lowest BCUT2D eigenvalue weighted by Crippen LogP contribution is -2.32. The van der Waals surface area contributed by atoms with Gasteiger partial charge in [0.15, 0.2) is 0 Å². The molecule has 1 heterocycles. The second-order valence-corrected chi connectivity index (χ2v) is 7.24. The molecule has 0 radical (unpaired) electrons. The Morgan fingerprint density at radius 3 is 2.80 bits per heavy atom. The van der Waals surface area contributed by atoms with Crippen LogP contribution in [0.2, 0.25) is 0 Å². The highest BCUT2D eigenvalue weighted by Gasteiger charge is 2.31. The second-order valence-electron chi connectivity index (χ2n) is 6.38. The maximum atomic E-state index is 4.55. The van der Waals surface area contributed by atoms with Gasteiger partial charge in [-0.05, 0) is 61.5 Å². The topological polar surface area (TPSA) is 29.9 Å². The SMILES string of the molecule is CCC1CCCC(C(NC)c2c(Br)cnn2C(C)C)C1. The highest BCUT2D eigenvalue weighted by Crippen LogP contribution is 2.40. The normalized spacial score (nSPS) is 25.1. The van der Waals surface area contributed by atoms with E-state index in [4.69, 9.17) is 0 Å². The minimum Gasteiger partial charge on any atom is -0.311 e. The third-order valence-corrected chi connectivity index (χ3v) is 5.36. The molecular formula is C16H28BrN3. The third-order valence-electron chi connectivity index (χ3n) is 4.75. The summed E-state index contributed by atoms with van der Waals surface area (Å²) in [4.78, 5) is 0. The van der Waals surface area contributed by atoms with E-state index in [9.17, 15) is 0 Å². The molecule has 1 N–H and O–H groups in total. The van der Waals surface area contributed by atoms with Crippen LogP contribution >= 0.6 is 15.9 Å². The first-order chi connectivity index (χ1) is 9.58. The van der Waals surface area contributed by atoms with Gasteiger partial charge in [-0.1, -0.05) is 26.2 Å². The van der Waals surface area contributed by atoms with E-state index in [1.807, 2.05) is 6.20 Å². The lowest BCUT2D eigenvalue weighted by Gasteiger charge is -2.35. The summed E-state index contributed by atoms with van der Waals surface area (Å²) in [6.07, 6.45) is 8.72. The van der Waals surface area contributed by atoms with Gasteiger partial charge < -0.3 is 5.32 Å². The van der Waals surface area contributed by atoms with E-state index < -0.39 is 0 Å². The van der Waals surface area contributed by atoms with Gasteiger partial charge >= 0.3 is 0 Å². The molecular weight excluding hydrogens is 314 g/mol. The second kappa shape index (κ2) is 7.08. The zero-order valence-electron chi connectivity index (χ0n) is 13.2. The largest absolute Gasteiger partial charge is 0.311 e. The standard InChI is InChI=1S/C16H28BrN3/c1-5-12-7-6-8-13(9-12)15(18-4)16-14(17)10-19-20(16)11(2)3/h10-13,15,18H,5-9H2,1-4H3. The van der Waals surface area contributed by atoms with Crippen molar-refractivity contribution in [1.82, 2.24) is 15.1 Å². The van der Waals surface area contributed by atoms with Gasteiger partial charge in [0.25, 0.3) is 0 Å². The number of nitrogens with one attached hydrogen (secondary N) is 1. The zero-order valence-corrected chi connectivity index (χ0v) is 14.8. The van der Waals surface area contributed by atoms with Crippen LogP contribution < -0.4 is 5.32 Å². The van der Waals surface area contributed by atoms with Crippen molar-refractivity contribution in [3.8, 4) is 0 Å². The van der Waals surface area contributed by atoms with Crippen molar-refractivity contribution >= 4 is 15.9 Å². The van der Waals surface area contributed by atoms with E-state index in [2.05, 4.69) is 58.8 Å². The van der Waals surface area contributed by atoms with Crippen LogP contribution in [-0.4, -0.2) is 16.8 Å². The van der Waals surface area contributed by atoms with Gasteiger partial charge in [0, 0.05) is 6.04 Å². The van der Waals surface area contributed by atoms with E-state index in [1.54, 1.807) is 0 Å². The Kier molecular flexibility index (Phi) is 5.67. The van der Waals surface area contributed by atoms with Crippen molar-refractivity contribution in [3.63, 3.8) is 0 Å². The lowest BCUT2D eigenvalue weighted by molar-refractivity contribution is 0.207. The summed E-state index contributed by atoms with van der Waals surface area (Å²) in [5, 5.41) is 8.11. The van der Waals surface area contributed by atoms with Crippen LogP contribution in [0.15, 0.2) is 10.7 Å². The molecule has 0 spiro atoms. The Morgan fingerprint density at radius 2 is 2.20 bits per heavy atom. The minimum atomic E-state index is 0.401. The molecule has 1 fully saturated rings. The van der Waals surface area contributed by atoms with Crippen molar-refractivity contribution in [1.29, 1.82) is 0 Å². The van der Waals surface area contributed by atoms with Crippen LogP contribution in [0.5, 0.6) is 0 Å². The summed E-state index contributed by atoms with van der Waals surface area (Å²) in [6.45, 7) is 6.73. The van der Waals surface area contributed by atoms with Gasteiger partial charge in [-0.15, -0.1) is 0 Å². The lowest BCUT2D eigenvalue weighted by atomic mass is 9.76. The third kappa shape index (κ3) is 3.28. The fraction of sp³-hybridized carbons (Fsp3) is 0.812. The highest BCUT2D eigenvalue weighted by atomic mass is 79.9. The number of hydrogen-bond donors (Lipinski definition) is 1. The van der Waals surface area contributed by atoms with Crippen LogP contribution in [0.25, 0.3) is 0 Å². The number of aromatic nitrogens is 2. The quantitative estimate of drug-likeness (QED) is 0.840. The minimum absolute atomic E-state index is 0.401. The van der Waals surface area contributed by atoms with E-state index in [0.717, 1.165) is 16.3 Å². The van der Waals surface area contributed by atoms with E-state index >= 15 is 0 Å². The van der Waals surface area contributed by atoms with Crippen LogP contribution in [0, 0.1) is 11.8 Å². The number of halogens is 1. The monoisotopic (exact) mass is 341 g/mol. The number of rotatable bonds is 5. The predicted octanol–water partition coefficient (Wildman–Crippen LogP) is 4.70. The molecule has 1 aliphatic rings. The Morgan fingerprint density at radius 1 is 1.45 bits per heavy atom. The highest BCUT2D eigenvalue weighted by molar-refractivity contribution is 9.10. The van der Waals surface area contributed by atoms with E-state index in [0.29, 0.717) is 12.1 Å². The maximum absolute atomic E-state index is 4.55. The van der Waals surface area contributed by atoms with Gasteiger partial charge in [0.2, 0.25) is 0 Å². The molecule has 1 saturated carbocycles. The van der Waals surface area contributed by atoms with Crippen molar-refractivity contribution in [2.24, 2.45) is 11.8 Å². The first-order valence-corrected chi connectivity index (χ1v) is 8.77. The molecule has 3 unspecified atom stereocenters. The zero-order chi connectivity index (χ0) is 14.7. The van der Waals surface area contributed by atoms with Crippen LogP contribution in [0.3, 0.4) is 0 Å². The molecule has 20 heavy (non-hydrogen) atoms. The molecule has 0 saturated heterocycles. The first-order valence-electron chi connectivity index (χ1n) is 7.98. The molecule has 0 amide bonds. The van der Waals surface area contributed by atoms with Crippen LogP contribution in [-0.2, 0) is 0 Å². The van der Waals surface area contributed by atoms with Crippen LogP contribution in [0.4, 0.5) is 0 Å². The van der Waals surface area contributed by atoms with Crippen molar-refractivity contribution in [2.75, 3.05) is 7.05 Å². The molecule has 4 heteroatoms. The average molecular weight is 342 g/mol. The Balaban J connectivity index is 2.25. The predicted molar refractivity (Wildman–Crippen MR) is 87.9 cm³/mol. The molecule has 2 rings (SSSR count). The fourth-order valence-electron chi connectivity index (χ4n) is 3.66. The molecule has 1 aromatic heterocycles. The Labute approximate surface area is 131 Å². The summed E-state index contributed by atoms with van der Waals surface area (Å²) in [7, 11) is 2.09. The van der Waals surface area contributed by atoms with Gasteiger partial charge in [-0.2, -0.15) is 5.10 Å². The Bertz CT molecular complexity index is 427. The van der Waals surface area contributed by atoms with Crippen molar-refractivity contribution in [3.05, 3.63) is 16.4 Å². The summed E-state index contributed by atoms with van der Waals surface area (Å²) >= 11 is 3.70. The molecule has 114 valence electrons. The van der Waals surface area contributed by atoms with Gasteiger partial charge in [-0.3, -0.25) is 4.68 Å². The van der Waals surface area contributed by atoms with Crippen molar-refractivity contribution in [2.45, 2.75) is 65.0 Å². The fourth-order valence-corrected chi connectivity index (χ4v) is 4.17. The van der Waals surface area contributed by atoms with Crippen molar-refractivity contribution < 1.29 is 0 Å². The van der Waals surface area contributed by atoms with E-state index in [1.165, 1.54) is 37.8 Å². The van der Waals surface area contributed by atoms with Crippen LogP contribution in [0.1, 0.15) is 70.7 Å². The van der Waals surface area contributed by atoms with E-state index in [-0.39, 0.29) is 0 Å². The van der Waals surface area contributed by atoms with Gasteiger partial charge in [-0.25, -0.2) is 0 Å². The average Bonchev–Trinajstić information content (AvgIpc) is 2.82.